The fourth-order valence-corrected chi connectivity index (χ4v) is 2.23. The highest BCUT2D eigenvalue weighted by atomic mass is 16.1. The molecule has 2 aromatic heterocycles. The summed E-state index contributed by atoms with van der Waals surface area (Å²) in [5.41, 5.74) is 2.44. The minimum atomic E-state index is -0.177. The number of rotatable bonds is 3. The number of hydrogen-bond donors (Lipinski definition) is 1. The number of anilines is 1. The topological polar surface area (TPSA) is 72.7 Å². The van der Waals surface area contributed by atoms with Crippen LogP contribution in [0.2, 0.25) is 0 Å². The lowest BCUT2D eigenvalue weighted by Crippen LogP contribution is -2.14. The zero-order chi connectivity index (χ0) is 17.2. The summed E-state index contributed by atoms with van der Waals surface area (Å²) >= 11 is 0. The molecule has 2 heterocycles. The van der Waals surface area contributed by atoms with Crippen molar-refractivity contribution in [2.45, 2.75) is 26.2 Å². The van der Waals surface area contributed by atoms with Crippen molar-refractivity contribution in [2.75, 3.05) is 5.32 Å². The Morgan fingerprint density at radius 2 is 1.75 bits per heavy atom. The summed E-state index contributed by atoms with van der Waals surface area (Å²) in [7, 11) is 0. The van der Waals surface area contributed by atoms with E-state index in [1.165, 1.54) is 10.2 Å². The van der Waals surface area contributed by atoms with E-state index in [1.807, 2.05) is 24.3 Å². The van der Waals surface area contributed by atoms with Gasteiger partial charge < -0.3 is 5.32 Å². The molecule has 0 aliphatic carbocycles. The minimum absolute atomic E-state index is 0.0613. The fraction of sp³-hybridized carbons (Fsp3) is 0.222. The highest BCUT2D eigenvalue weighted by Gasteiger charge is 2.14. The van der Waals surface area contributed by atoms with Gasteiger partial charge in [-0.2, -0.15) is 5.10 Å². The zero-order valence-electron chi connectivity index (χ0n) is 13.9. The SMILES string of the molecule is CC(C)(C)c1ccc(C(=O)Nc2cnn(-c3ncccn3)c2)cc1. The molecule has 6 nitrogen and oxygen atoms in total. The van der Waals surface area contributed by atoms with E-state index in [0.29, 0.717) is 17.2 Å². The Labute approximate surface area is 140 Å². The van der Waals surface area contributed by atoms with Gasteiger partial charge in [-0.3, -0.25) is 4.79 Å². The van der Waals surface area contributed by atoms with Crippen molar-refractivity contribution in [1.82, 2.24) is 19.7 Å². The molecule has 0 bridgehead atoms. The van der Waals surface area contributed by atoms with E-state index in [-0.39, 0.29) is 11.3 Å². The van der Waals surface area contributed by atoms with Gasteiger partial charge in [0.05, 0.1) is 18.1 Å². The molecule has 3 rings (SSSR count). The molecule has 0 saturated carbocycles. The Bertz CT molecular complexity index is 832. The molecule has 0 atom stereocenters. The van der Waals surface area contributed by atoms with Gasteiger partial charge in [0.2, 0.25) is 5.95 Å². The fourth-order valence-electron chi connectivity index (χ4n) is 2.23. The summed E-state index contributed by atoms with van der Waals surface area (Å²) in [5, 5.41) is 6.99. The average molecular weight is 321 g/mol. The Morgan fingerprint density at radius 1 is 1.08 bits per heavy atom. The van der Waals surface area contributed by atoms with Crippen molar-refractivity contribution >= 4 is 11.6 Å². The molecule has 1 amide bonds. The number of benzene rings is 1. The molecule has 0 fully saturated rings. The van der Waals surface area contributed by atoms with E-state index in [9.17, 15) is 4.79 Å². The number of nitrogens with one attached hydrogen (secondary N) is 1. The average Bonchev–Trinajstić information content (AvgIpc) is 3.03. The second-order valence-corrected chi connectivity index (χ2v) is 6.50. The molecule has 3 aromatic rings. The summed E-state index contributed by atoms with van der Waals surface area (Å²) in [6.07, 6.45) is 6.52. The van der Waals surface area contributed by atoms with Crippen LogP contribution in [0.1, 0.15) is 36.7 Å². The van der Waals surface area contributed by atoms with Gasteiger partial charge in [-0.15, -0.1) is 0 Å². The smallest absolute Gasteiger partial charge is 0.255 e. The van der Waals surface area contributed by atoms with Crippen molar-refractivity contribution in [3.05, 3.63) is 66.2 Å². The van der Waals surface area contributed by atoms with Gasteiger partial charge in [0, 0.05) is 18.0 Å². The summed E-state index contributed by atoms with van der Waals surface area (Å²) in [4.78, 5) is 20.6. The van der Waals surface area contributed by atoms with Gasteiger partial charge in [-0.05, 0) is 29.2 Å². The second-order valence-electron chi connectivity index (χ2n) is 6.50. The monoisotopic (exact) mass is 321 g/mol. The van der Waals surface area contributed by atoms with Crippen molar-refractivity contribution < 1.29 is 4.79 Å². The third-order valence-electron chi connectivity index (χ3n) is 3.61. The summed E-state index contributed by atoms with van der Waals surface area (Å²) in [6, 6.07) is 9.37. The lowest BCUT2D eigenvalue weighted by atomic mass is 9.87. The normalized spacial score (nSPS) is 11.3. The maximum Gasteiger partial charge on any atom is 0.255 e. The molecule has 1 N–H and O–H groups in total. The van der Waals surface area contributed by atoms with Crippen molar-refractivity contribution in [3.8, 4) is 5.95 Å². The summed E-state index contributed by atoms with van der Waals surface area (Å²) in [5.74, 6) is 0.275. The first-order valence-electron chi connectivity index (χ1n) is 7.67. The number of carbonyl (C=O) groups is 1. The molecule has 24 heavy (non-hydrogen) atoms. The van der Waals surface area contributed by atoms with E-state index in [4.69, 9.17) is 0 Å². The van der Waals surface area contributed by atoms with E-state index >= 15 is 0 Å². The van der Waals surface area contributed by atoms with Crippen LogP contribution in [0, 0.1) is 0 Å². The maximum atomic E-state index is 12.3. The van der Waals surface area contributed by atoms with Gasteiger partial charge in [-0.1, -0.05) is 32.9 Å². The van der Waals surface area contributed by atoms with E-state index in [1.54, 1.807) is 30.9 Å². The first-order valence-corrected chi connectivity index (χ1v) is 7.67. The largest absolute Gasteiger partial charge is 0.319 e. The molecule has 0 spiro atoms. The zero-order valence-corrected chi connectivity index (χ0v) is 13.9. The van der Waals surface area contributed by atoms with Crippen LogP contribution < -0.4 is 5.32 Å². The lowest BCUT2D eigenvalue weighted by Gasteiger charge is -2.18. The minimum Gasteiger partial charge on any atom is -0.319 e. The van der Waals surface area contributed by atoms with Gasteiger partial charge in [0.25, 0.3) is 5.91 Å². The molecule has 0 aliphatic rings. The van der Waals surface area contributed by atoms with Crippen molar-refractivity contribution in [2.24, 2.45) is 0 Å². The summed E-state index contributed by atoms with van der Waals surface area (Å²) in [6.45, 7) is 6.42. The second kappa shape index (κ2) is 6.23. The Kier molecular flexibility index (Phi) is 4.12. The lowest BCUT2D eigenvalue weighted by molar-refractivity contribution is 0.102. The highest BCUT2D eigenvalue weighted by molar-refractivity contribution is 6.04. The van der Waals surface area contributed by atoms with E-state index in [2.05, 4.69) is 41.2 Å². The number of hydrogen-bond acceptors (Lipinski definition) is 4. The quantitative estimate of drug-likeness (QED) is 0.804. The molecule has 6 heteroatoms. The molecule has 0 unspecified atom stereocenters. The Hall–Kier alpha value is -3.02. The summed E-state index contributed by atoms with van der Waals surface area (Å²) < 4.78 is 1.51. The molecule has 122 valence electrons. The third-order valence-corrected chi connectivity index (χ3v) is 3.61. The predicted octanol–water partition coefficient (Wildman–Crippen LogP) is 3.21. The van der Waals surface area contributed by atoms with Crippen LogP contribution in [0.5, 0.6) is 0 Å². The predicted molar refractivity (Wildman–Crippen MR) is 92.2 cm³/mol. The van der Waals surface area contributed by atoms with Crippen LogP contribution in [-0.2, 0) is 5.41 Å². The van der Waals surface area contributed by atoms with Gasteiger partial charge >= 0.3 is 0 Å². The van der Waals surface area contributed by atoms with Crippen molar-refractivity contribution in [1.29, 1.82) is 0 Å². The van der Waals surface area contributed by atoms with Gasteiger partial charge in [-0.25, -0.2) is 14.6 Å². The molecule has 0 saturated heterocycles. The molecular weight excluding hydrogens is 302 g/mol. The highest BCUT2D eigenvalue weighted by Crippen LogP contribution is 2.22. The van der Waals surface area contributed by atoms with Crippen LogP contribution in [-0.4, -0.2) is 25.7 Å². The number of aromatic nitrogens is 4. The number of nitrogens with zero attached hydrogens (tertiary/aromatic N) is 4. The first-order chi connectivity index (χ1) is 11.4. The van der Waals surface area contributed by atoms with Crippen LogP contribution in [0.25, 0.3) is 5.95 Å². The Balaban J connectivity index is 1.72. The molecule has 1 aromatic carbocycles. The van der Waals surface area contributed by atoms with Crippen LogP contribution in [0.3, 0.4) is 0 Å². The van der Waals surface area contributed by atoms with Gasteiger partial charge in [0.1, 0.15) is 0 Å². The van der Waals surface area contributed by atoms with Crippen LogP contribution in [0.15, 0.2) is 55.1 Å². The maximum absolute atomic E-state index is 12.3. The number of amides is 1. The molecule has 0 radical (unpaired) electrons. The van der Waals surface area contributed by atoms with E-state index in [0.717, 1.165) is 0 Å². The number of carbonyl (C=O) groups excluding carboxylic acids is 1. The van der Waals surface area contributed by atoms with E-state index < -0.39 is 0 Å². The Morgan fingerprint density at radius 3 is 2.38 bits per heavy atom. The molecule has 0 aliphatic heterocycles. The molecular formula is C18H19N5O. The van der Waals surface area contributed by atoms with Gasteiger partial charge in [0.15, 0.2) is 0 Å². The first kappa shape index (κ1) is 15.9. The van der Waals surface area contributed by atoms with Crippen molar-refractivity contribution in [3.63, 3.8) is 0 Å². The van der Waals surface area contributed by atoms with Crippen LogP contribution >= 0.6 is 0 Å². The standard InChI is InChI=1S/C18H19N5O/c1-18(2,3)14-7-5-13(6-8-14)16(24)22-15-11-21-23(12-15)17-19-9-4-10-20-17/h4-12H,1-3H3,(H,22,24). The third kappa shape index (κ3) is 3.48. The van der Waals surface area contributed by atoms with Crippen LogP contribution in [0.4, 0.5) is 5.69 Å².